The first kappa shape index (κ1) is 23.1. The zero-order valence-electron chi connectivity index (χ0n) is 18.5. The molecule has 1 amide bonds. The van der Waals surface area contributed by atoms with Crippen LogP contribution in [0.1, 0.15) is 34.5 Å². The molecule has 1 heterocycles. The molecule has 0 saturated heterocycles. The Hall–Kier alpha value is -4.07. The standard InChI is InChI=1S/C26H22F3N3O2/c1-15(17-4-3-5-20(30)12-17)31-25(33)18-8-11-21-23(13-18)32-22(14-24(21)34-2)16-6-9-19(10-7-16)26(27,28)29/h3-15H,30H2,1-2H3,(H,31,33). The van der Waals surface area contributed by atoms with Crippen LogP contribution in [-0.4, -0.2) is 18.0 Å². The molecule has 0 saturated carbocycles. The minimum Gasteiger partial charge on any atom is -0.496 e. The van der Waals surface area contributed by atoms with E-state index in [2.05, 4.69) is 10.3 Å². The molecule has 3 aromatic carbocycles. The van der Waals surface area contributed by atoms with Gasteiger partial charge < -0.3 is 15.8 Å². The van der Waals surface area contributed by atoms with Gasteiger partial charge in [-0.1, -0.05) is 24.3 Å². The van der Waals surface area contributed by atoms with Crippen LogP contribution in [0.4, 0.5) is 18.9 Å². The monoisotopic (exact) mass is 465 g/mol. The normalized spacial score (nSPS) is 12.4. The highest BCUT2D eigenvalue weighted by molar-refractivity contribution is 5.99. The maximum Gasteiger partial charge on any atom is 0.416 e. The minimum atomic E-state index is -4.42. The number of rotatable bonds is 5. The van der Waals surface area contributed by atoms with Crippen molar-refractivity contribution in [1.82, 2.24) is 10.3 Å². The molecule has 0 fully saturated rings. The Balaban J connectivity index is 1.66. The van der Waals surface area contributed by atoms with E-state index in [1.165, 1.54) is 19.2 Å². The second kappa shape index (κ2) is 9.05. The molecule has 4 rings (SSSR count). The number of methoxy groups -OCH3 is 1. The maximum atomic E-state index is 12.9. The largest absolute Gasteiger partial charge is 0.496 e. The van der Waals surface area contributed by atoms with Crippen molar-refractivity contribution in [2.75, 3.05) is 12.8 Å². The number of halogens is 3. The van der Waals surface area contributed by atoms with E-state index >= 15 is 0 Å². The van der Waals surface area contributed by atoms with Crippen LogP contribution >= 0.6 is 0 Å². The fourth-order valence-electron chi connectivity index (χ4n) is 3.68. The van der Waals surface area contributed by atoms with E-state index in [9.17, 15) is 18.0 Å². The summed E-state index contributed by atoms with van der Waals surface area (Å²) in [7, 11) is 1.50. The third-order valence-corrected chi connectivity index (χ3v) is 5.52. The lowest BCUT2D eigenvalue weighted by Gasteiger charge is -2.15. The van der Waals surface area contributed by atoms with Crippen LogP contribution < -0.4 is 15.8 Å². The number of carbonyl (C=O) groups is 1. The molecule has 5 nitrogen and oxygen atoms in total. The van der Waals surface area contributed by atoms with Gasteiger partial charge in [-0.15, -0.1) is 0 Å². The molecular formula is C26H22F3N3O2. The molecular weight excluding hydrogens is 443 g/mol. The molecule has 174 valence electrons. The zero-order chi connectivity index (χ0) is 24.5. The Kier molecular flexibility index (Phi) is 6.15. The lowest BCUT2D eigenvalue weighted by atomic mass is 10.0. The Morgan fingerprint density at radius 3 is 2.41 bits per heavy atom. The molecule has 1 atom stereocenters. The van der Waals surface area contributed by atoms with Gasteiger partial charge in [-0.25, -0.2) is 4.98 Å². The van der Waals surface area contributed by atoms with Gasteiger partial charge in [-0.3, -0.25) is 4.79 Å². The van der Waals surface area contributed by atoms with Gasteiger partial charge in [-0.05, 0) is 55.0 Å². The highest BCUT2D eigenvalue weighted by Crippen LogP contribution is 2.33. The lowest BCUT2D eigenvalue weighted by molar-refractivity contribution is -0.137. The summed E-state index contributed by atoms with van der Waals surface area (Å²) in [5.74, 6) is 0.206. The highest BCUT2D eigenvalue weighted by Gasteiger charge is 2.30. The Morgan fingerprint density at radius 2 is 1.76 bits per heavy atom. The third kappa shape index (κ3) is 4.80. The summed E-state index contributed by atoms with van der Waals surface area (Å²) in [6.07, 6.45) is -4.42. The van der Waals surface area contributed by atoms with E-state index < -0.39 is 11.7 Å². The van der Waals surface area contributed by atoms with Crippen molar-refractivity contribution in [3.05, 3.63) is 89.5 Å². The molecule has 1 unspecified atom stereocenters. The van der Waals surface area contributed by atoms with Crippen molar-refractivity contribution < 1.29 is 22.7 Å². The number of nitrogens with one attached hydrogen (secondary N) is 1. The van der Waals surface area contributed by atoms with Crippen LogP contribution in [0.2, 0.25) is 0 Å². The van der Waals surface area contributed by atoms with E-state index in [4.69, 9.17) is 10.5 Å². The van der Waals surface area contributed by atoms with Gasteiger partial charge in [0.1, 0.15) is 5.75 Å². The number of hydrogen-bond donors (Lipinski definition) is 2. The number of aromatic nitrogens is 1. The van der Waals surface area contributed by atoms with Crippen LogP contribution in [0.3, 0.4) is 0 Å². The van der Waals surface area contributed by atoms with Gasteiger partial charge in [0.05, 0.1) is 29.9 Å². The molecule has 4 aromatic rings. The molecule has 3 N–H and O–H groups in total. The number of benzene rings is 3. The van der Waals surface area contributed by atoms with Crippen molar-refractivity contribution in [3.8, 4) is 17.0 Å². The van der Waals surface area contributed by atoms with E-state index in [-0.39, 0.29) is 11.9 Å². The van der Waals surface area contributed by atoms with Crippen LogP contribution in [0.15, 0.2) is 72.8 Å². The predicted molar refractivity (Wildman–Crippen MR) is 125 cm³/mol. The minimum absolute atomic E-state index is 0.271. The Labute approximate surface area is 194 Å². The van der Waals surface area contributed by atoms with E-state index in [1.807, 2.05) is 19.1 Å². The summed E-state index contributed by atoms with van der Waals surface area (Å²) < 4.78 is 44.2. The molecule has 0 spiro atoms. The number of ether oxygens (including phenoxy) is 1. The van der Waals surface area contributed by atoms with Crippen LogP contribution in [-0.2, 0) is 6.18 Å². The van der Waals surface area contributed by atoms with Crippen molar-refractivity contribution in [1.29, 1.82) is 0 Å². The Bertz CT molecular complexity index is 1350. The first-order chi connectivity index (χ1) is 16.2. The number of hydrogen-bond acceptors (Lipinski definition) is 4. The molecule has 0 aliphatic carbocycles. The smallest absolute Gasteiger partial charge is 0.416 e. The average molecular weight is 465 g/mol. The fourth-order valence-corrected chi connectivity index (χ4v) is 3.68. The molecule has 1 aromatic heterocycles. The summed E-state index contributed by atoms with van der Waals surface area (Å²) in [6.45, 7) is 1.86. The van der Waals surface area contributed by atoms with Gasteiger partial charge in [-0.2, -0.15) is 13.2 Å². The second-order valence-corrected chi connectivity index (χ2v) is 7.88. The number of carbonyl (C=O) groups excluding carboxylic acids is 1. The topological polar surface area (TPSA) is 77.2 Å². The van der Waals surface area contributed by atoms with E-state index in [0.717, 1.165) is 17.7 Å². The first-order valence-electron chi connectivity index (χ1n) is 10.5. The summed E-state index contributed by atoms with van der Waals surface area (Å²) in [5.41, 5.74) is 8.38. The third-order valence-electron chi connectivity index (χ3n) is 5.52. The van der Waals surface area contributed by atoms with Crippen molar-refractivity contribution in [3.63, 3.8) is 0 Å². The fraction of sp³-hybridized carbons (Fsp3) is 0.154. The van der Waals surface area contributed by atoms with Crippen molar-refractivity contribution in [2.24, 2.45) is 0 Å². The quantitative estimate of drug-likeness (QED) is 0.354. The number of alkyl halides is 3. The number of anilines is 1. The molecule has 0 bridgehead atoms. The summed E-state index contributed by atoms with van der Waals surface area (Å²) in [4.78, 5) is 17.5. The molecule has 34 heavy (non-hydrogen) atoms. The van der Waals surface area contributed by atoms with Gasteiger partial charge in [0.2, 0.25) is 0 Å². The van der Waals surface area contributed by atoms with Crippen LogP contribution in [0.25, 0.3) is 22.2 Å². The van der Waals surface area contributed by atoms with Gasteiger partial charge in [0.25, 0.3) is 5.91 Å². The summed E-state index contributed by atoms with van der Waals surface area (Å²) in [6, 6.07) is 18.4. The number of pyridine rings is 1. The van der Waals surface area contributed by atoms with E-state index in [0.29, 0.717) is 39.2 Å². The summed E-state index contributed by atoms with van der Waals surface area (Å²) >= 11 is 0. The molecule has 0 aliphatic rings. The van der Waals surface area contributed by atoms with Crippen LogP contribution in [0, 0.1) is 0 Å². The maximum absolute atomic E-state index is 12.9. The number of nitrogens with two attached hydrogens (primary N) is 1. The SMILES string of the molecule is COc1cc(-c2ccc(C(F)(F)F)cc2)nc2cc(C(=O)NC(C)c3cccc(N)c3)ccc12. The van der Waals surface area contributed by atoms with Crippen molar-refractivity contribution >= 4 is 22.5 Å². The number of nitrogens with zero attached hydrogens (tertiary/aromatic N) is 1. The lowest BCUT2D eigenvalue weighted by Crippen LogP contribution is -2.26. The van der Waals surface area contributed by atoms with E-state index in [1.54, 1.807) is 36.4 Å². The number of nitrogen functional groups attached to an aromatic ring is 1. The number of fused-ring (bicyclic) bond motifs is 1. The highest BCUT2D eigenvalue weighted by atomic mass is 19.4. The van der Waals surface area contributed by atoms with Crippen molar-refractivity contribution in [2.45, 2.75) is 19.1 Å². The van der Waals surface area contributed by atoms with Gasteiger partial charge >= 0.3 is 6.18 Å². The predicted octanol–water partition coefficient (Wildman–Crippen LogP) is 6.00. The molecule has 8 heteroatoms. The number of amides is 1. The summed E-state index contributed by atoms with van der Waals surface area (Å²) in [5, 5.41) is 3.62. The first-order valence-corrected chi connectivity index (χ1v) is 10.5. The van der Waals surface area contributed by atoms with Crippen LogP contribution in [0.5, 0.6) is 5.75 Å². The van der Waals surface area contributed by atoms with Gasteiger partial charge in [0, 0.05) is 28.3 Å². The molecule has 0 aliphatic heterocycles. The Morgan fingerprint density at radius 1 is 1.03 bits per heavy atom. The molecule has 0 radical (unpaired) electrons. The zero-order valence-corrected chi connectivity index (χ0v) is 18.5. The average Bonchev–Trinajstić information content (AvgIpc) is 2.82. The second-order valence-electron chi connectivity index (χ2n) is 7.88. The van der Waals surface area contributed by atoms with Gasteiger partial charge in [0.15, 0.2) is 0 Å².